The smallest absolute Gasteiger partial charge is 0.258 e. The summed E-state index contributed by atoms with van der Waals surface area (Å²) in [5.41, 5.74) is -0.415. The lowest BCUT2D eigenvalue weighted by atomic mass is 9.81. The van der Waals surface area contributed by atoms with Crippen LogP contribution in [0.15, 0.2) is 27.6 Å². The molecule has 1 aliphatic rings. The van der Waals surface area contributed by atoms with Gasteiger partial charge in [0, 0.05) is 16.6 Å². The average molecular weight is 363 g/mol. The Hall–Kier alpha value is -0.990. The lowest BCUT2D eigenvalue weighted by Gasteiger charge is -2.31. The first-order valence-electron chi connectivity index (χ1n) is 6.27. The Morgan fingerprint density at radius 2 is 2.10 bits per heavy atom. The van der Waals surface area contributed by atoms with Crippen LogP contribution in [0, 0.1) is 16.0 Å². The van der Waals surface area contributed by atoms with Gasteiger partial charge in [0.15, 0.2) is 4.90 Å². The Morgan fingerprint density at radius 1 is 1.45 bits per heavy atom. The van der Waals surface area contributed by atoms with Crippen LogP contribution >= 0.6 is 15.9 Å². The number of sulfonamides is 1. The maximum Gasteiger partial charge on any atom is 0.289 e. The number of benzene rings is 1. The molecule has 0 aromatic heterocycles. The highest BCUT2D eigenvalue weighted by atomic mass is 79.9. The highest BCUT2D eigenvalue weighted by Gasteiger charge is 2.31. The quantitative estimate of drug-likeness (QED) is 0.644. The second kappa shape index (κ2) is 5.79. The standard InChI is InChI=1S/C12H15BrN2O4S/c1-8(9-3-2-4-9)14-20(18,19)12-7-10(13)5-6-11(12)15(16)17/h5-9,14H,2-4H2,1H3. The third-order valence-corrected chi connectivity index (χ3v) is 5.69. The van der Waals surface area contributed by atoms with Gasteiger partial charge in [-0.1, -0.05) is 22.4 Å². The van der Waals surface area contributed by atoms with Crippen LogP contribution < -0.4 is 4.72 Å². The van der Waals surface area contributed by atoms with Crippen LogP contribution in [0.2, 0.25) is 0 Å². The van der Waals surface area contributed by atoms with E-state index in [4.69, 9.17) is 0 Å². The number of rotatable bonds is 5. The minimum absolute atomic E-state index is 0.215. The molecule has 0 saturated heterocycles. The molecule has 1 saturated carbocycles. The van der Waals surface area contributed by atoms with Crippen molar-refractivity contribution >= 4 is 31.6 Å². The van der Waals surface area contributed by atoms with Crippen molar-refractivity contribution in [2.75, 3.05) is 0 Å². The molecule has 1 aromatic rings. The number of nitrogens with zero attached hydrogens (tertiary/aromatic N) is 1. The lowest BCUT2D eigenvalue weighted by molar-refractivity contribution is -0.387. The van der Waals surface area contributed by atoms with Gasteiger partial charge in [-0.3, -0.25) is 10.1 Å². The lowest BCUT2D eigenvalue weighted by Crippen LogP contribution is -2.40. The molecule has 0 amide bonds. The number of halogens is 1. The zero-order chi connectivity index (χ0) is 14.9. The van der Waals surface area contributed by atoms with Crippen molar-refractivity contribution in [1.29, 1.82) is 0 Å². The molecular weight excluding hydrogens is 348 g/mol. The predicted molar refractivity (Wildman–Crippen MR) is 77.9 cm³/mol. The summed E-state index contributed by atoms with van der Waals surface area (Å²) in [4.78, 5) is 9.98. The molecule has 0 spiro atoms. The highest BCUT2D eigenvalue weighted by molar-refractivity contribution is 9.10. The molecule has 2 rings (SSSR count). The van der Waals surface area contributed by atoms with Crippen molar-refractivity contribution in [2.24, 2.45) is 5.92 Å². The topological polar surface area (TPSA) is 89.3 Å². The SMILES string of the molecule is CC(NS(=O)(=O)c1cc(Br)ccc1[N+](=O)[O-])C1CCC1. The maximum atomic E-state index is 12.3. The van der Waals surface area contributed by atoms with Crippen LogP contribution in [-0.2, 0) is 10.0 Å². The van der Waals surface area contributed by atoms with E-state index in [2.05, 4.69) is 20.7 Å². The summed E-state index contributed by atoms with van der Waals surface area (Å²) in [6, 6.07) is 3.68. The van der Waals surface area contributed by atoms with Crippen molar-refractivity contribution in [3.63, 3.8) is 0 Å². The number of hydrogen-bond acceptors (Lipinski definition) is 4. The fourth-order valence-corrected chi connectivity index (χ4v) is 4.22. The molecule has 0 heterocycles. The normalized spacial score (nSPS) is 17.5. The van der Waals surface area contributed by atoms with Crippen molar-refractivity contribution in [1.82, 2.24) is 4.72 Å². The fourth-order valence-electron chi connectivity index (χ4n) is 2.20. The first-order chi connectivity index (χ1) is 9.31. The van der Waals surface area contributed by atoms with Crippen LogP contribution in [0.25, 0.3) is 0 Å². The molecule has 1 unspecified atom stereocenters. The molecule has 20 heavy (non-hydrogen) atoms. The van der Waals surface area contributed by atoms with Gasteiger partial charge in [-0.25, -0.2) is 13.1 Å². The fraction of sp³-hybridized carbons (Fsp3) is 0.500. The highest BCUT2D eigenvalue weighted by Crippen LogP contribution is 2.32. The van der Waals surface area contributed by atoms with Gasteiger partial charge in [-0.15, -0.1) is 0 Å². The average Bonchev–Trinajstić information content (AvgIpc) is 2.24. The van der Waals surface area contributed by atoms with Gasteiger partial charge >= 0.3 is 0 Å². The van der Waals surface area contributed by atoms with E-state index < -0.39 is 20.6 Å². The summed E-state index contributed by atoms with van der Waals surface area (Å²) in [7, 11) is -3.90. The van der Waals surface area contributed by atoms with Crippen LogP contribution in [-0.4, -0.2) is 19.4 Å². The van der Waals surface area contributed by atoms with Crippen molar-refractivity contribution in [3.05, 3.63) is 32.8 Å². The Bertz CT molecular complexity index is 628. The second-order valence-corrected chi connectivity index (χ2v) is 7.57. The molecule has 8 heteroatoms. The number of nitrogens with one attached hydrogen (secondary N) is 1. The van der Waals surface area contributed by atoms with Crippen LogP contribution in [0.5, 0.6) is 0 Å². The summed E-state index contributed by atoms with van der Waals surface area (Å²) < 4.78 is 27.7. The van der Waals surface area contributed by atoms with Gasteiger partial charge in [0.1, 0.15) is 0 Å². The van der Waals surface area contributed by atoms with Gasteiger partial charge < -0.3 is 0 Å². The molecule has 1 atom stereocenters. The van der Waals surface area contributed by atoms with E-state index in [1.54, 1.807) is 6.92 Å². The Labute approximate surface area is 125 Å². The largest absolute Gasteiger partial charge is 0.289 e. The van der Waals surface area contributed by atoms with E-state index >= 15 is 0 Å². The zero-order valence-electron chi connectivity index (χ0n) is 10.9. The Kier molecular flexibility index (Phi) is 4.46. The first-order valence-corrected chi connectivity index (χ1v) is 8.55. The zero-order valence-corrected chi connectivity index (χ0v) is 13.3. The van der Waals surface area contributed by atoms with Crippen molar-refractivity contribution in [2.45, 2.75) is 37.1 Å². The minimum Gasteiger partial charge on any atom is -0.258 e. The van der Waals surface area contributed by atoms with E-state index in [1.807, 2.05) is 0 Å². The monoisotopic (exact) mass is 362 g/mol. The molecule has 0 bridgehead atoms. The molecule has 1 aromatic carbocycles. The maximum absolute atomic E-state index is 12.3. The van der Waals surface area contributed by atoms with Crippen LogP contribution in [0.1, 0.15) is 26.2 Å². The first kappa shape index (κ1) is 15.4. The van der Waals surface area contributed by atoms with Gasteiger partial charge in [-0.05, 0) is 37.8 Å². The Morgan fingerprint density at radius 3 is 2.60 bits per heavy atom. The van der Waals surface area contributed by atoms with E-state index in [9.17, 15) is 18.5 Å². The summed E-state index contributed by atoms with van der Waals surface area (Å²) in [5.74, 6) is 0.316. The van der Waals surface area contributed by atoms with Gasteiger partial charge in [-0.2, -0.15) is 0 Å². The Balaban J connectivity index is 2.32. The van der Waals surface area contributed by atoms with Crippen LogP contribution in [0.4, 0.5) is 5.69 Å². The van der Waals surface area contributed by atoms with E-state index in [0.29, 0.717) is 10.4 Å². The third-order valence-electron chi connectivity index (χ3n) is 3.61. The summed E-state index contributed by atoms with van der Waals surface area (Å²) in [5, 5.41) is 11.0. The van der Waals surface area contributed by atoms with E-state index in [1.165, 1.54) is 18.2 Å². The summed E-state index contributed by atoms with van der Waals surface area (Å²) in [6.45, 7) is 1.80. The number of nitro groups is 1. The van der Waals surface area contributed by atoms with Gasteiger partial charge in [0.05, 0.1) is 4.92 Å². The van der Waals surface area contributed by atoms with Gasteiger partial charge in [0.25, 0.3) is 5.69 Å². The molecule has 0 radical (unpaired) electrons. The third kappa shape index (κ3) is 3.18. The van der Waals surface area contributed by atoms with Crippen LogP contribution in [0.3, 0.4) is 0 Å². The molecular formula is C12H15BrN2O4S. The van der Waals surface area contributed by atoms with Crippen molar-refractivity contribution < 1.29 is 13.3 Å². The minimum atomic E-state index is -3.90. The van der Waals surface area contributed by atoms with E-state index in [0.717, 1.165) is 19.3 Å². The van der Waals surface area contributed by atoms with Gasteiger partial charge in [0.2, 0.25) is 10.0 Å². The molecule has 1 fully saturated rings. The molecule has 110 valence electrons. The number of nitro benzene ring substituents is 1. The molecule has 1 N–H and O–H groups in total. The summed E-state index contributed by atoms with van der Waals surface area (Å²) in [6.07, 6.45) is 3.09. The van der Waals surface area contributed by atoms with Crippen molar-refractivity contribution in [3.8, 4) is 0 Å². The molecule has 0 aliphatic heterocycles. The number of hydrogen-bond donors (Lipinski definition) is 1. The second-order valence-electron chi connectivity index (χ2n) is 4.97. The summed E-state index contributed by atoms with van der Waals surface area (Å²) >= 11 is 3.14. The molecule has 1 aliphatic carbocycles. The molecule has 6 nitrogen and oxygen atoms in total. The van der Waals surface area contributed by atoms with E-state index in [-0.39, 0.29) is 10.9 Å². The predicted octanol–water partition coefficient (Wildman–Crippen LogP) is 2.82.